The van der Waals surface area contributed by atoms with Crippen molar-refractivity contribution >= 4 is 28.4 Å². The maximum absolute atomic E-state index is 12.3. The number of carbonyl (C=O) groups is 1. The molecule has 0 spiro atoms. The van der Waals surface area contributed by atoms with E-state index in [9.17, 15) is 4.79 Å². The van der Waals surface area contributed by atoms with Crippen LogP contribution in [0, 0.1) is 0 Å². The number of anilines is 2. The molecule has 0 unspecified atom stereocenters. The highest BCUT2D eigenvalue weighted by atomic mass is 32.1. The van der Waals surface area contributed by atoms with Crippen LogP contribution in [0.5, 0.6) is 0 Å². The van der Waals surface area contributed by atoms with Gasteiger partial charge in [0.2, 0.25) is 5.13 Å². The summed E-state index contributed by atoms with van der Waals surface area (Å²) in [6, 6.07) is 3.52. The van der Waals surface area contributed by atoms with Crippen molar-refractivity contribution in [2.75, 3.05) is 17.2 Å². The first-order chi connectivity index (χ1) is 9.90. The number of aromatic nitrogens is 4. The van der Waals surface area contributed by atoms with E-state index < -0.39 is 0 Å². The van der Waals surface area contributed by atoms with Crippen molar-refractivity contribution in [3.63, 3.8) is 0 Å². The van der Waals surface area contributed by atoms with E-state index in [-0.39, 0.29) is 11.3 Å². The number of hydrogen-bond donors (Lipinski definition) is 2. The first kappa shape index (κ1) is 15.3. The molecule has 7 nitrogen and oxygen atoms in total. The van der Waals surface area contributed by atoms with Crippen molar-refractivity contribution < 1.29 is 4.79 Å². The second-order valence-electron chi connectivity index (χ2n) is 5.53. The van der Waals surface area contributed by atoms with Crippen molar-refractivity contribution in [1.29, 1.82) is 0 Å². The highest BCUT2D eigenvalue weighted by Crippen LogP contribution is 2.24. The van der Waals surface area contributed by atoms with E-state index >= 15 is 0 Å². The minimum atomic E-state index is -0.249. The molecule has 0 aliphatic heterocycles. The summed E-state index contributed by atoms with van der Waals surface area (Å²) < 4.78 is 3.61. The zero-order valence-electron chi connectivity index (χ0n) is 12.5. The normalized spacial score (nSPS) is 11.2. The van der Waals surface area contributed by atoms with Gasteiger partial charge in [-0.05, 0) is 24.3 Å². The van der Waals surface area contributed by atoms with Crippen LogP contribution >= 0.6 is 11.5 Å². The zero-order chi connectivity index (χ0) is 15.5. The van der Waals surface area contributed by atoms with Gasteiger partial charge in [0.05, 0.1) is 0 Å². The Hall–Kier alpha value is -2.09. The molecule has 0 aromatic carbocycles. The van der Waals surface area contributed by atoms with Gasteiger partial charge in [0.15, 0.2) is 0 Å². The van der Waals surface area contributed by atoms with Gasteiger partial charge in [-0.15, -0.1) is 0 Å². The molecule has 112 valence electrons. The summed E-state index contributed by atoms with van der Waals surface area (Å²) in [6.45, 7) is 8.89. The molecule has 2 aromatic rings. The van der Waals surface area contributed by atoms with Crippen molar-refractivity contribution in [2.45, 2.75) is 33.1 Å². The molecule has 2 N–H and O–H groups in total. The molecule has 2 rings (SSSR count). The van der Waals surface area contributed by atoms with E-state index in [2.05, 4.69) is 51.2 Å². The van der Waals surface area contributed by atoms with Gasteiger partial charge in [0.1, 0.15) is 5.82 Å². The van der Waals surface area contributed by atoms with Crippen LogP contribution in [0.3, 0.4) is 0 Å². The molecule has 0 saturated heterocycles. The number of carbonyl (C=O) groups excluding carboxylic acids is 1. The number of amides is 1. The molecule has 0 fully saturated rings. The topological polar surface area (TPSA) is 92.7 Å². The van der Waals surface area contributed by atoms with Crippen molar-refractivity contribution in [1.82, 2.24) is 19.8 Å². The van der Waals surface area contributed by atoms with Gasteiger partial charge in [0, 0.05) is 34.7 Å². The fourth-order valence-corrected chi connectivity index (χ4v) is 2.03. The lowest BCUT2D eigenvalue weighted by Gasteiger charge is -2.20. The highest BCUT2D eigenvalue weighted by Gasteiger charge is 2.19. The molecule has 1 amide bonds. The average Bonchev–Trinajstić information content (AvgIpc) is 2.90. The van der Waals surface area contributed by atoms with Crippen LogP contribution < -0.4 is 10.6 Å². The smallest absolute Gasteiger partial charge is 0.257 e. The lowest BCUT2D eigenvalue weighted by atomic mass is 9.90. The number of rotatable bonds is 4. The molecular weight excluding hydrogens is 288 g/mol. The van der Waals surface area contributed by atoms with Gasteiger partial charge in [0.25, 0.3) is 5.91 Å². The Balaban J connectivity index is 2.33. The Labute approximate surface area is 127 Å². The Kier molecular flexibility index (Phi) is 4.46. The summed E-state index contributed by atoms with van der Waals surface area (Å²) >= 11 is 1.03. The Morgan fingerprint density at radius 2 is 2.10 bits per heavy atom. The van der Waals surface area contributed by atoms with Gasteiger partial charge in [-0.25, -0.2) is 4.98 Å². The monoisotopic (exact) mass is 306 g/mol. The van der Waals surface area contributed by atoms with E-state index in [4.69, 9.17) is 0 Å². The minimum Gasteiger partial charge on any atom is -0.370 e. The minimum absolute atomic E-state index is 0.148. The van der Waals surface area contributed by atoms with Crippen molar-refractivity contribution in [3.8, 4) is 0 Å². The van der Waals surface area contributed by atoms with Crippen LogP contribution in [-0.2, 0) is 5.41 Å². The summed E-state index contributed by atoms with van der Waals surface area (Å²) in [7, 11) is 0. The average molecular weight is 306 g/mol. The Bertz CT molecular complexity index is 620. The van der Waals surface area contributed by atoms with Crippen LogP contribution in [0.4, 0.5) is 10.9 Å². The van der Waals surface area contributed by atoms with Gasteiger partial charge in [-0.1, -0.05) is 30.4 Å². The molecule has 0 radical (unpaired) electrons. The fourth-order valence-electron chi connectivity index (χ4n) is 1.67. The lowest BCUT2D eigenvalue weighted by molar-refractivity contribution is 0.102. The largest absolute Gasteiger partial charge is 0.370 e. The molecule has 2 aromatic heterocycles. The summed E-state index contributed by atoms with van der Waals surface area (Å²) in [6.07, 6.45) is 0. The van der Waals surface area contributed by atoms with Crippen LogP contribution in [0.2, 0.25) is 0 Å². The van der Waals surface area contributed by atoms with E-state index in [1.54, 1.807) is 12.1 Å². The molecule has 0 bridgehead atoms. The van der Waals surface area contributed by atoms with Crippen LogP contribution in [0.25, 0.3) is 0 Å². The molecule has 21 heavy (non-hydrogen) atoms. The Morgan fingerprint density at radius 3 is 2.67 bits per heavy atom. The standard InChI is InChI=1S/C13H18N6OS/c1-5-14-10-7-8(6-9(15-10)13(2,3)4)11(20)16-12-17-18-19-21-12/h6-7H,5H2,1-4H3,(H,14,15)(H,16,17,19,20). The van der Waals surface area contributed by atoms with E-state index in [1.807, 2.05) is 6.92 Å². The van der Waals surface area contributed by atoms with Crippen molar-refractivity contribution in [2.24, 2.45) is 0 Å². The third-order valence-electron chi connectivity index (χ3n) is 2.73. The molecule has 0 aliphatic rings. The molecule has 0 atom stereocenters. The van der Waals surface area contributed by atoms with Gasteiger partial charge >= 0.3 is 0 Å². The SMILES string of the molecule is CCNc1cc(C(=O)Nc2nnns2)cc(C(C)(C)C)n1. The van der Waals surface area contributed by atoms with Crippen LogP contribution in [0.15, 0.2) is 12.1 Å². The first-order valence-electron chi connectivity index (χ1n) is 6.63. The molecule has 0 saturated carbocycles. The van der Waals surface area contributed by atoms with Gasteiger partial charge < -0.3 is 5.32 Å². The molecule has 8 heteroatoms. The quantitative estimate of drug-likeness (QED) is 0.900. The van der Waals surface area contributed by atoms with Crippen LogP contribution in [0.1, 0.15) is 43.7 Å². The fraction of sp³-hybridized carbons (Fsp3) is 0.462. The number of hydrogen-bond acceptors (Lipinski definition) is 7. The third-order valence-corrected chi connectivity index (χ3v) is 3.24. The van der Waals surface area contributed by atoms with Crippen LogP contribution in [-0.4, -0.2) is 32.2 Å². The van der Waals surface area contributed by atoms with Gasteiger partial charge in [-0.3, -0.25) is 10.1 Å². The summed E-state index contributed by atoms with van der Waals surface area (Å²) in [5, 5.41) is 13.4. The molecular formula is C13H18N6OS. The van der Waals surface area contributed by atoms with E-state index in [1.165, 1.54) is 0 Å². The summed E-state index contributed by atoms with van der Waals surface area (Å²) in [5.74, 6) is 0.436. The Morgan fingerprint density at radius 1 is 1.33 bits per heavy atom. The second kappa shape index (κ2) is 6.13. The first-order valence-corrected chi connectivity index (χ1v) is 7.40. The number of nitrogens with zero attached hydrogens (tertiary/aromatic N) is 4. The lowest BCUT2D eigenvalue weighted by Crippen LogP contribution is -2.19. The maximum atomic E-state index is 12.3. The van der Waals surface area contributed by atoms with Gasteiger partial charge in [-0.2, -0.15) is 0 Å². The molecule has 2 heterocycles. The number of pyridine rings is 1. The highest BCUT2D eigenvalue weighted by molar-refractivity contribution is 7.09. The van der Waals surface area contributed by atoms with E-state index in [0.717, 1.165) is 23.8 Å². The maximum Gasteiger partial charge on any atom is 0.257 e. The predicted octanol–water partition coefficient (Wildman–Crippen LogP) is 2.31. The van der Waals surface area contributed by atoms with E-state index in [0.29, 0.717) is 16.5 Å². The molecule has 0 aliphatic carbocycles. The summed E-state index contributed by atoms with van der Waals surface area (Å²) in [5.41, 5.74) is 1.23. The van der Waals surface area contributed by atoms with Crippen molar-refractivity contribution in [3.05, 3.63) is 23.4 Å². The second-order valence-corrected chi connectivity index (χ2v) is 6.26. The zero-order valence-corrected chi connectivity index (χ0v) is 13.3. The third kappa shape index (κ3) is 3.94. The summed E-state index contributed by atoms with van der Waals surface area (Å²) in [4.78, 5) is 16.8. The predicted molar refractivity (Wildman–Crippen MR) is 82.8 cm³/mol. The number of nitrogens with one attached hydrogen (secondary N) is 2.